The van der Waals surface area contributed by atoms with Crippen molar-refractivity contribution >= 4 is 28.6 Å². The van der Waals surface area contributed by atoms with Gasteiger partial charge in [-0.15, -0.1) is 11.3 Å². The first kappa shape index (κ1) is 14.0. The van der Waals surface area contributed by atoms with Gasteiger partial charge in [-0.1, -0.05) is 41.9 Å². The van der Waals surface area contributed by atoms with Crippen LogP contribution in [0.4, 0.5) is 10.1 Å². The molecule has 0 fully saturated rings. The maximum Gasteiger partial charge on any atom is 0.125 e. The summed E-state index contributed by atoms with van der Waals surface area (Å²) in [5.74, 6) is -0.314. The van der Waals surface area contributed by atoms with Gasteiger partial charge in [-0.3, -0.25) is 0 Å². The molecule has 0 saturated heterocycles. The second-order valence-corrected chi connectivity index (χ2v) is 5.82. The Morgan fingerprint density at radius 1 is 1.14 bits per heavy atom. The van der Waals surface area contributed by atoms with Crippen LogP contribution in [0.2, 0.25) is 5.02 Å². The molecule has 0 saturated carbocycles. The fraction of sp³-hybridized carbons (Fsp3) is 0.0625. The molecule has 106 valence electrons. The Balaban J connectivity index is 1.72. The van der Waals surface area contributed by atoms with E-state index in [2.05, 4.69) is 10.3 Å². The highest BCUT2D eigenvalue weighted by atomic mass is 35.5. The van der Waals surface area contributed by atoms with Crippen LogP contribution in [0.25, 0.3) is 11.3 Å². The number of nitrogens with one attached hydrogen (secondary N) is 1. The molecular formula is C16H12ClFN2S. The average Bonchev–Trinajstić information content (AvgIpc) is 2.98. The van der Waals surface area contributed by atoms with Gasteiger partial charge in [-0.2, -0.15) is 0 Å². The van der Waals surface area contributed by atoms with Gasteiger partial charge in [0.05, 0.1) is 22.9 Å². The summed E-state index contributed by atoms with van der Waals surface area (Å²) in [7, 11) is 0. The zero-order chi connectivity index (χ0) is 14.7. The van der Waals surface area contributed by atoms with Gasteiger partial charge in [0.1, 0.15) is 10.8 Å². The highest BCUT2D eigenvalue weighted by Crippen LogP contribution is 2.25. The van der Waals surface area contributed by atoms with Crippen molar-refractivity contribution in [2.75, 3.05) is 5.32 Å². The molecule has 0 spiro atoms. The Kier molecular flexibility index (Phi) is 4.18. The van der Waals surface area contributed by atoms with E-state index in [1.165, 1.54) is 18.2 Å². The molecule has 3 rings (SSSR count). The van der Waals surface area contributed by atoms with Crippen molar-refractivity contribution in [2.45, 2.75) is 6.54 Å². The number of aromatic nitrogens is 1. The molecule has 5 heteroatoms. The molecule has 2 nitrogen and oxygen atoms in total. The molecule has 0 atom stereocenters. The van der Waals surface area contributed by atoms with Gasteiger partial charge >= 0.3 is 0 Å². The second kappa shape index (κ2) is 6.24. The molecule has 0 radical (unpaired) electrons. The lowest BCUT2D eigenvalue weighted by atomic mass is 10.2. The van der Waals surface area contributed by atoms with E-state index in [0.717, 1.165) is 16.3 Å². The lowest BCUT2D eigenvalue weighted by Gasteiger charge is -2.06. The maximum absolute atomic E-state index is 13.2. The summed E-state index contributed by atoms with van der Waals surface area (Å²) >= 11 is 7.58. The van der Waals surface area contributed by atoms with Gasteiger partial charge < -0.3 is 5.32 Å². The second-order valence-electron chi connectivity index (χ2n) is 4.47. The molecule has 2 aromatic carbocycles. The van der Waals surface area contributed by atoms with E-state index in [1.54, 1.807) is 11.3 Å². The molecule has 1 aromatic heterocycles. The summed E-state index contributed by atoms with van der Waals surface area (Å²) in [6, 6.07) is 14.3. The molecule has 0 aliphatic carbocycles. The SMILES string of the molecule is Fc1ccc(Cl)c(NCc2nc(-c3ccccc3)cs2)c1. The Morgan fingerprint density at radius 2 is 1.95 bits per heavy atom. The molecule has 1 N–H and O–H groups in total. The number of hydrogen-bond donors (Lipinski definition) is 1. The normalized spacial score (nSPS) is 10.6. The van der Waals surface area contributed by atoms with Crippen LogP contribution in [-0.4, -0.2) is 4.98 Å². The molecule has 0 aliphatic heterocycles. The van der Waals surface area contributed by atoms with Gasteiger partial charge in [-0.05, 0) is 18.2 Å². The Morgan fingerprint density at radius 3 is 2.76 bits per heavy atom. The van der Waals surface area contributed by atoms with Crippen molar-refractivity contribution in [3.05, 3.63) is 69.8 Å². The first-order valence-corrected chi connectivity index (χ1v) is 7.67. The number of thiazole rings is 1. The molecule has 1 heterocycles. The number of nitrogens with zero attached hydrogens (tertiary/aromatic N) is 1. The minimum absolute atomic E-state index is 0.314. The Hall–Kier alpha value is -1.91. The van der Waals surface area contributed by atoms with Crippen LogP contribution in [0.5, 0.6) is 0 Å². The fourth-order valence-electron chi connectivity index (χ4n) is 1.94. The van der Waals surface area contributed by atoms with Crippen LogP contribution in [0.15, 0.2) is 53.9 Å². The topological polar surface area (TPSA) is 24.9 Å². The largest absolute Gasteiger partial charge is 0.377 e. The van der Waals surface area contributed by atoms with Crippen LogP contribution < -0.4 is 5.32 Å². The molecule has 0 bridgehead atoms. The van der Waals surface area contributed by atoms with E-state index in [-0.39, 0.29) is 5.82 Å². The summed E-state index contributed by atoms with van der Waals surface area (Å²) in [6.45, 7) is 0.515. The third-order valence-corrected chi connectivity index (χ3v) is 4.16. The van der Waals surface area contributed by atoms with Crippen molar-refractivity contribution in [2.24, 2.45) is 0 Å². The van der Waals surface area contributed by atoms with E-state index < -0.39 is 0 Å². The van der Waals surface area contributed by atoms with Crippen molar-refractivity contribution in [1.82, 2.24) is 4.98 Å². The van der Waals surface area contributed by atoms with Crippen molar-refractivity contribution < 1.29 is 4.39 Å². The lowest BCUT2D eigenvalue weighted by Crippen LogP contribution is -2.00. The number of hydrogen-bond acceptors (Lipinski definition) is 3. The third kappa shape index (κ3) is 3.40. The van der Waals surface area contributed by atoms with Gasteiger partial charge in [0.25, 0.3) is 0 Å². The van der Waals surface area contributed by atoms with Gasteiger partial charge in [-0.25, -0.2) is 9.37 Å². The maximum atomic E-state index is 13.2. The van der Waals surface area contributed by atoms with E-state index in [4.69, 9.17) is 11.6 Å². The minimum atomic E-state index is -0.314. The highest BCUT2D eigenvalue weighted by Gasteiger charge is 2.06. The smallest absolute Gasteiger partial charge is 0.125 e. The molecule has 0 amide bonds. The van der Waals surface area contributed by atoms with Crippen LogP contribution in [0.1, 0.15) is 5.01 Å². The van der Waals surface area contributed by atoms with Crippen molar-refractivity contribution in [3.63, 3.8) is 0 Å². The van der Waals surface area contributed by atoms with E-state index in [1.807, 2.05) is 35.7 Å². The summed E-state index contributed by atoms with van der Waals surface area (Å²) < 4.78 is 13.2. The van der Waals surface area contributed by atoms with Gasteiger partial charge in [0.15, 0.2) is 0 Å². The molecule has 3 aromatic rings. The van der Waals surface area contributed by atoms with Crippen molar-refractivity contribution in [1.29, 1.82) is 0 Å². The van der Waals surface area contributed by atoms with Crippen molar-refractivity contribution in [3.8, 4) is 11.3 Å². The first-order valence-electron chi connectivity index (χ1n) is 6.41. The number of benzene rings is 2. The third-order valence-electron chi connectivity index (χ3n) is 2.98. The number of anilines is 1. The molecule has 0 aliphatic rings. The average molecular weight is 319 g/mol. The minimum Gasteiger partial charge on any atom is -0.377 e. The Labute approximate surface area is 131 Å². The van der Waals surface area contributed by atoms with Gasteiger partial charge in [0, 0.05) is 10.9 Å². The zero-order valence-corrected chi connectivity index (χ0v) is 12.6. The predicted molar refractivity (Wildman–Crippen MR) is 86.3 cm³/mol. The summed E-state index contributed by atoms with van der Waals surface area (Å²) in [5.41, 5.74) is 2.61. The highest BCUT2D eigenvalue weighted by molar-refractivity contribution is 7.09. The number of halogens is 2. The standard InChI is InChI=1S/C16H12ClFN2S/c17-13-7-6-12(18)8-14(13)19-9-16-20-15(10-21-16)11-4-2-1-3-5-11/h1-8,10,19H,9H2. The van der Waals surface area contributed by atoms with Crippen LogP contribution in [-0.2, 0) is 6.54 Å². The van der Waals surface area contributed by atoms with Crippen LogP contribution >= 0.6 is 22.9 Å². The van der Waals surface area contributed by atoms with E-state index in [9.17, 15) is 4.39 Å². The number of rotatable bonds is 4. The molecular weight excluding hydrogens is 307 g/mol. The summed E-state index contributed by atoms with van der Waals surface area (Å²) in [4.78, 5) is 4.57. The predicted octanol–water partition coefficient (Wildman–Crippen LogP) is 5.21. The van der Waals surface area contributed by atoms with Gasteiger partial charge in [0.2, 0.25) is 0 Å². The van der Waals surface area contributed by atoms with E-state index in [0.29, 0.717) is 17.3 Å². The first-order chi connectivity index (χ1) is 10.2. The zero-order valence-electron chi connectivity index (χ0n) is 11.0. The quantitative estimate of drug-likeness (QED) is 0.714. The fourth-order valence-corrected chi connectivity index (χ4v) is 2.86. The summed E-state index contributed by atoms with van der Waals surface area (Å²) in [5, 5.41) is 6.55. The van der Waals surface area contributed by atoms with Crippen LogP contribution in [0, 0.1) is 5.82 Å². The van der Waals surface area contributed by atoms with Crippen LogP contribution in [0.3, 0.4) is 0 Å². The Bertz CT molecular complexity index is 743. The monoisotopic (exact) mass is 318 g/mol. The molecule has 21 heavy (non-hydrogen) atoms. The molecule has 0 unspecified atom stereocenters. The summed E-state index contributed by atoms with van der Waals surface area (Å²) in [6.07, 6.45) is 0. The lowest BCUT2D eigenvalue weighted by molar-refractivity contribution is 0.628. The van der Waals surface area contributed by atoms with E-state index >= 15 is 0 Å².